The van der Waals surface area contributed by atoms with Crippen molar-refractivity contribution in [1.29, 1.82) is 0 Å². The molecule has 5 nitrogen and oxygen atoms in total. The quantitative estimate of drug-likeness (QED) is 0.772. The molecule has 1 rings (SSSR count). The number of carboxylic acids is 1. The molecule has 1 aliphatic carbocycles. The lowest BCUT2D eigenvalue weighted by atomic mass is 9.80. The molecule has 0 saturated heterocycles. The number of carboxylic acid groups (broad SMARTS) is 1. The second-order valence-corrected chi connectivity index (χ2v) is 7.31. The number of hydrogen-bond donors (Lipinski definition) is 2. The number of hydrogen-bond acceptors (Lipinski definition) is 3. The molecule has 0 radical (unpaired) electrons. The molecular formula is C12H23NO4S. The predicted molar refractivity (Wildman–Crippen MR) is 69.8 cm³/mol. The van der Waals surface area contributed by atoms with Crippen LogP contribution in [0.2, 0.25) is 0 Å². The van der Waals surface area contributed by atoms with Crippen molar-refractivity contribution in [3.05, 3.63) is 0 Å². The smallest absolute Gasteiger partial charge is 0.303 e. The Bertz CT molecular complexity index is 380. The highest BCUT2D eigenvalue weighted by Gasteiger charge is 2.28. The maximum Gasteiger partial charge on any atom is 0.303 e. The molecular weight excluding hydrogens is 254 g/mol. The standard InChI is InChI=1S/C12H23NO4S/c1-9-5-6-11(10(2)8-9)13-18(16,17)7-3-4-12(14)15/h9-11,13H,3-8H2,1-2H3,(H,14,15). The Kier molecular flexibility index (Phi) is 5.59. The molecule has 3 atom stereocenters. The fraction of sp³-hybridized carbons (Fsp3) is 0.917. The van der Waals surface area contributed by atoms with E-state index in [4.69, 9.17) is 5.11 Å². The zero-order chi connectivity index (χ0) is 13.8. The Morgan fingerprint density at radius 2 is 2.00 bits per heavy atom. The lowest BCUT2D eigenvalue weighted by Gasteiger charge is -2.32. The van der Waals surface area contributed by atoms with E-state index in [-0.39, 0.29) is 24.6 Å². The van der Waals surface area contributed by atoms with Crippen molar-refractivity contribution in [2.45, 2.75) is 52.0 Å². The van der Waals surface area contributed by atoms with E-state index in [0.29, 0.717) is 11.8 Å². The minimum Gasteiger partial charge on any atom is -0.481 e. The van der Waals surface area contributed by atoms with Crippen molar-refractivity contribution in [3.8, 4) is 0 Å². The Balaban J connectivity index is 2.42. The summed E-state index contributed by atoms with van der Waals surface area (Å²) in [5.74, 6) is -0.0428. The van der Waals surface area contributed by atoms with Gasteiger partial charge in [0.25, 0.3) is 0 Å². The summed E-state index contributed by atoms with van der Waals surface area (Å²) in [5.41, 5.74) is 0. The average molecular weight is 277 g/mol. The summed E-state index contributed by atoms with van der Waals surface area (Å²) in [6.07, 6.45) is 3.04. The van der Waals surface area contributed by atoms with Crippen LogP contribution in [0.5, 0.6) is 0 Å². The summed E-state index contributed by atoms with van der Waals surface area (Å²) in [6.45, 7) is 4.26. The van der Waals surface area contributed by atoms with Gasteiger partial charge >= 0.3 is 5.97 Å². The van der Waals surface area contributed by atoms with E-state index in [1.807, 2.05) is 0 Å². The second-order valence-electron chi connectivity index (χ2n) is 5.44. The molecule has 18 heavy (non-hydrogen) atoms. The van der Waals surface area contributed by atoms with Gasteiger partial charge < -0.3 is 5.11 Å². The van der Waals surface area contributed by atoms with Crippen molar-refractivity contribution in [1.82, 2.24) is 4.72 Å². The summed E-state index contributed by atoms with van der Waals surface area (Å²) in [4.78, 5) is 10.3. The van der Waals surface area contributed by atoms with Gasteiger partial charge in [0.15, 0.2) is 0 Å². The van der Waals surface area contributed by atoms with E-state index < -0.39 is 16.0 Å². The SMILES string of the molecule is CC1CCC(NS(=O)(=O)CCCC(=O)O)C(C)C1. The van der Waals surface area contributed by atoms with Crippen molar-refractivity contribution in [3.63, 3.8) is 0 Å². The third kappa shape index (κ3) is 5.35. The lowest BCUT2D eigenvalue weighted by molar-refractivity contribution is -0.137. The first-order chi connectivity index (χ1) is 8.30. The summed E-state index contributed by atoms with van der Waals surface area (Å²) in [5, 5.41) is 8.49. The van der Waals surface area contributed by atoms with E-state index in [0.717, 1.165) is 19.3 Å². The number of carbonyl (C=O) groups is 1. The third-order valence-corrected chi connectivity index (χ3v) is 5.05. The van der Waals surface area contributed by atoms with Gasteiger partial charge in [-0.1, -0.05) is 13.8 Å². The lowest BCUT2D eigenvalue weighted by Crippen LogP contribution is -2.43. The number of rotatable bonds is 6. The zero-order valence-electron chi connectivity index (χ0n) is 11.1. The van der Waals surface area contributed by atoms with Crippen LogP contribution < -0.4 is 4.72 Å². The predicted octanol–water partition coefficient (Wildman–Crippen LogP) is 1.60. The average Bonchev–Trinajstić information content (AvgIpc) is 2.21. The summed E-state index contributed by atoms with van der Waals surface area (Å²) < 4.78 is 26.3. The van der Waals surface area contributed by atoms with E-state index in [9.17, 15) is 13.2 Å². The maximum absolute atomic E-state index is 11.8. The van der Waals surface area contributed by atoms with Gasteiger partial charge in [-0.3, -0.25) is 4.79 Å². The minimum atomic E-state index is -3.34. The maximum atomic E-state index is 11.8. The fourth-order valence-corrected chi connectivity index (χ4v) is 4.00. The van der Waals surface area contributed by atoms with Gasteiger partial charge in [-0.2, -0.15) is 0 Å². The molecule has 6 heteroatoms. The van der Waals surface area contributed by atoms with E-state index in [1.54, 1.807) is 0 Å². The highest BCUT2D eigenvalue weighted by atomic mass is 32.2. The number of nitrogens with one attached hydrogen (secondary N) is 1. The monoisotopic (exact) mass is 277 g/mol. The molecule has 0 amide bonds. The van der Waals surface area contributed by atoms with Crippen LogP contribution in [0, 0.1) is 11.8 Å². The van der Waals surface area contributed by atoms with Gasteiger partial charge in [0, 0.05) is 12.5 Å². The van der Waals surface area contributed by atoms with Crippen LogP contribution in [-0.2, 0) is 14.8 Å². The largest absolute Gasteiger partial charge is 0.481 e. The molecule has 0 aromatic heterocycles. The first kappa shape index (κ1) is 15.4. The van der Waals surface area contributed by atoms with Crippen molar-refractivity contribution in [2.24, 2.45) is 11.8 Å². The first-order valence-electron chi connectivity index (χ1n) is 6.52. The van der Waals surface area contributed by atoms with Crippen LogP contribution >= 0.6 is 0 Å². The van der Waals surface area contributed by atoms with Crippen LogP contribution in [0.1, 0.15) is 46.0 Å². The highest BCUT2D eigenvalue weighted by Crippen LogP contribution is 2.28. The normalized spacial score (nSPS) is 29.1. The Morgan fingerprint density at radius 3 is 2.56 bits per heavy atom. The second kappa shape index (κ2) is 6.52. The van der Waals surface area contributed by atoms with Crippen molar-refractivity contribution < 1.29 is 18.3 Å². The topological polar surface area (TPSA) is 83.5 Å². The molecule has 2 N–H and O–H groups in total. The summed E-state index contributed by atoms with van der Waals surface area (Å²) >= 11 is 0. The van der Waals surface area contributed by atoms with Crippen LogP contribution in [-0.4, -0.2) is 31.3 Å². The summed E-state index contributed by atoms with van der Waals surface area (Å²) in [6, 6.07) is 0.0102. The summed E-state index contributed by atoms with van der Waals surface area (Å²) in [7, 11) is -3.34. The van der Waals surface area contributed by atoms with E-state index >= 15 is 0 Å². The van der Waals surface area contributed by atoms with Crippen molar-refractivity contribution in [2.75, 3.05) is 5.75 Å². The molecule has 0 heterocycles. The highest BCUT2D eigenvalue weighted by molar-refractivity contribution is 7.89. The van der Waals surface area contributed by atoms with Gasteiger partial charge in [0.05, 0.1) is 5.75 Å². The van der Waals surface area contributed by atoms with Crippen LogP contribution in [0.25, 0.3) is 0 Å². The number of sulfonamides is 1. The Morgan fingerprint density at radius 1 is 1.33 bits per heavy atom. The molecule has 1 aliphatic rings. The van der Waals surface area contributed by atoms with Crippen LogP contribution in [0.3, 0.4) is 0 Å². The molecule has 0 bridgehead atoms. The molecule has 0 aromatic rings. The molecule has 0 spiro atoms. The van der Waals surface area contributed by atoms with Gasteiger partial charge in [-0.15, -0.1) is 0 Å². The Hall–Kier alpha value is -0.620. The fourth-order valence-electron chi connectivity index (χ4n) is 2.54. The van der Waals surface area contributed by atoms with Gasteiger partial charge in [0.1, 0.15) is 0 Å². The Labute approximate surface area is 109 Å². The first-order valence-corrected chi connectivity index (χ1v) is 8.17. The van der Waals surface area contributed by atoms with Crippen LogP contribution in [0.15, 0.2) is 0 Å². The van der Waals surface area contributed by atoms with Gasteiger partial charge in [-0.05, 0) is 37.5 Å². The molecule has 0 aliphatic heterocycles. The molecule has 106 valence electrons. The molecule has 1 fully saturated rings. The van der Waals surface area contributed by atoms with E-state index in [2.05, 4.69) is 18.6 Å². The van der Waals surface area contributed by atoms with Gasteiger partial charge in [-0.25, -0.2) is 13.1 Å². The third-order valence-electron chi connectivity index (χ3n) is 3.57. The minimum absolute atomic E-state index is 0.0102. The zero-order valence-corrected chi connectivity index (χ0v) is 11.9. The van der Waals surface area contributed by atoms with Crippen molar-refractivity contribution >= 4 is 16.0 Å². The molecule has 0 aromatic carbocycles. The van der Waals surface area contributed by atoms with Crippen LogP contribution in [0.4, 0.5) is 0 Å². The van der Waals surface area contributed by atoms with Gasteiger partial charge in [0.2, 0.25) is 10.0 Å². The van der Waals surface area contributed by atoms with E-state index in [1.165, 1.54) is 0 Å². The number of aliphatic carboxylic acids is 1. The molecule has 1 saturated carbocycles. The molecule has 3 unspecified atom stereocenters.